The number of rotatable bonds is 3. The minimum absolute atomic E-state index is 0.0803. The van der Waals surface area contributed by atoms with Gasteiger partial charge in [0.2, 0.25) is 0 Å². The fourth-order valence-corrected chi connectivity index (χ4v) is 1.74. The molecular weight excluding hydrogens is 254 g/mol. The third-order valence-electron chi connectivity index (χ3n) is 2.45. The van der Waals surface area contributed by atoms with Gasteiger partial charge in [0, 0.05) is 11.1 Å². The second kappa shape index (κ2) is 5.06. The molecule has 0 atom stereocenters. The van der Waals surface area contributed by atoms with E-state index in [-0.39, 0.29) is 10.7 Å². The van der Waals surface area contributed by atoms with Crippen LogP contribution in [-0.2, 0) is 0 Å². The molecule has 1 aromatic heterocycles. The van der Waals surface area contributed by atoms with E-state index in [1.54, 1.807) is 25.3 Å². The standard InChI is InChI=1S/C13H10ClNO3/c1-18-9-4-2-8(3-5-9)11-7-6-10(13(16)17)12(14)15-11/h2-7H,1H3,(H,16,17)/p-1. The number of carboxylic acid groups (broad SMARTS) is 1. The minimum atomic E-state index is -1.34. The first-order valence-electron chi connectivity index (χ1n) is 5.14. The van der Waals surface area contributed by atoms with Crippen LogP contribution in [-0.4, -0.2) is 18.1 Å². The van der Waals surface area contributed by atoms with Crippen LogP contribution in [0.15, 0.2) is 36.4 Å². The van der Waals surface area contributed by atoms with Crippen molar-refractivity contribution < 1.29 is 14.6 Å². The topological polar surface area (TPSA) is 62.2 Å². The molecular formula is C13H9ClNO3-. The zero-order chi connectivity index (χ0) is 13.1. The Morgan fingerprint density at radius 3 is 2.39 bits per heavy atom. The first kappa shape index (κ1) is 12.4. The lowest BCUT2D eigenvalue weighted by molar-refractivity contribution is -0.255. The number of carboxylic acids is 1. The average molecular weight is 263 g/mol. The van der Waals surface area contributed by atoms with Crippen molar-refractivity contribution in [1.29, 1.82) is 0 Å². The van der Waals surface area contributed by atoms with Gasteiger partial charge >= 0.3 is 0 Å². The Labute approximate surface area is 109 Å². The van der Waals surface area contributed by atoms with Crippen LogP contribution < -0.4 is 9.84 Å². The number of hydrogen-bond acceptors (Lipinski definition) is 4. The van der Waals surface area contributed by atoms with Gasteiger partial charge in [0.05, 0.1) is 18.8 Å². The molecule has 2 aromatic rings. The Morgan fingerprint density at radius 2 is 1.89 bits per heavy atom. The monoisotopic (exact) mass is 262 g/mol. The molecule has 0 aliphatic carbocycles. The zero-order valence-corrected chi connectivity index (χ0v) is 10.3. The van der Waals surface area contributed by atoms with Crippen LogP contribution in [0.2, 0.25) is 5.15 Å². The minimum Gasteiger partial charge on any atom is -0.545 e. The van der Waals surface area contributed by atoms with Gasteiger partial charge in [-0.25, -0.2) is 4.98 Å². The Hall–Kier alpha value is -2.07. The summed E-state index contributed by atoms with van der Waals surface area (Å²) < 4.78 is 5.05. The molecule has 0 aliphatic rings. The molecule has 0 bridgehead atoms. The maximum atomic E-state index is 10.7. The van der Waals surface area contributed by atoms with E-state index in [1.807, 2.05) is 12.1 Å². The van der Waals surface area contributed by atoms with E-state index >= 15 is 0 Å². The van der Waals surface area contributed by atoms with Crippen LogP contribution >= 0.6 is 11.6 Å². The molecule has 1 heterocycles. The number of carbonyl (C=O) groups excluding carboxylic acids is 1. The van der Waals surface area contributed by atoms with Crippen LogP contribution in [0.4, 0.5) is 0 Å². The summed E-state index contributed by atoms with van der Waals surface area (Å²) in [5, 5.41) is 10.6. The predicted octanol–water partition coefficient (Wildman–Crippen LogP) is 1.77. The number of aromatic nitrogens is 1. The van der Waals surface area contributed by atoms with Gasteiger partial charge in [-0.2, -0.15) is 0 Å². The molecule has 0 N–H and O–H groups in total. The highest BCUT2D eigenvalue weighted by molar-refractivity contribution is 6.32. The van der Waals surface area contributed by atoms with Crippen molar-refractivity contribution in [2.24, 2.45) is 0 Å². The first-order valence-corrected chi connectivity index (χ1v) is 5.52. The number of pyridine rings is 1. The highest BCUT2D eigenvalue weighted by Crippen LogP contribution is 2.23. The lowest BCUT2D eigenvalue weighted by atomic mass is 10.1. The average Bonchev–Trinajstić information content (AvgIpc) is 2.38. The normalized spacial score (nSPS) is 10.1. The molecule has 0 radical (unpaired) electrons. The summed E-state index contributed by atoms with van der Waals surface area (Å²) >= 11 is 5.78. The molecule has 0 saturated heterocycles. The fourth-order valence-electron chi connectivity index (χ4n) is 1.51. The second-order valence-corrected chi connectivity index (χ2v) is 3.91. The molecule has 0 spiro atoms. The summed E-state index contributed by atoms with van der Waals surface area (Å²) in [6.45, 7) is 0. The van der Waals surface area contributed by atoms with Gasteiger partial charge in [-0.15, -0.1) is 0 Å². The van der Waals surface area contributed by atoms with Gasteiger partial charge in [0.15, 0.2) is 0 Å². The largest absolute Gasteiger partial charge is 0.545 e. The molecule has 0 unspecified atom stereocenters. The van der Waals surface area contributed by atoms with E-state index in [2.05, 4.69) is 4.98 Å². The first-order chi connectivity index (χ1) is 8.61. The molecule has 4 nitrogen and oxygen atoms in total. The van der Waals surface area contributed by atoms with E-state index in [4.69, 9.17) is 16.3 Å². The smallest absolute Gasteiger partial charge is 0.138 e. The maximum Gasteiger partial charge on any atom is 0.138 e. The maximum absolute atomic E-state index is 10.7. The van der Waals surface area contributed by atoms with E-state index in [1.165, 1.54) is 6.07 Å². The SMILES string of the molecule is COc1ccc(-c2ccc(C(=O)[O-])c(Cl)n2)cc1. The second-order valence-electron chi connectivity index (χ2n) is 3.55. The third kappa shape index (κ3) is 2.43. The number of halogens is 1. The Balaban J connectivity index is 2.39. The van der Waals surface area contributed by atoms with Gasteiger partial charge in [0.1, 0.15) is 10.9 Å². The number of aromatic carboxylic acids is 1. The lowest BCUT2D eigenvalue weighted by Crippen LogP contribution is -2.22. The Kier molecular flexibility index (Phi) is 3.48. The summed E-state index contributed by atoms with van der Waals surface area (Å²) in [5.41, 5.74) is 1.30. The van der Waals surface area contributed by atoms with Crippen molar-refractivity contribution in [2.45, 2.75) is 0 Å². The van der Waals surface area contributed by atoms with Crippen molar-refractivity contribution in [3.05, 3.63) is 47.1 Å². The van der Waals surface area contributed by atoms with Gasteiger partial charge < -0.3 is 14.6 Å². The molecule has 1 aromatic carbocycles. The van der Waals surface area contributed by atoms with Crippen molar-refractivity contribution in [3.63, 3.8) is 0 Å². The van der Waals surface area contributed by atoms with Crippen LogP contribution in [0.3, 0.4) is 0 Å². The summed E-state index contributed by atoms with van der Waals surface area (Å²) in [6, 6.07) is 10.2. The summed E-state index contributed by atoms with van der Waals surface area (Å²) in [7, 11) is 1.58. The Bertz CT molecular complexity index is 581. The van der Waals surface area contributed by atoms with Gasteiger partial charge in [-0.1, -0.05) is 11.6 Å². The van der Waals surface area contributed by atoms with E-state index in [0.717, 1.165) is 11.3 Å². The number of methoxy groups -OCH3 is 1. The lowest BCUT2D eigenvalue weighted by Gasteiger charge is -2.07. The van der Waals surface area contributed by atoms with Crippen molar-refractivity contribution in [1.82, 2.24) is 4.98 Å². The van der Waals surface area contributed by atoms with Gasteiger partial charge in [0.25, 0.3) is 0 Å². The van der Waals surface area contributed by atoms with Crippen molar-refractivity contribution >= 4 is 17.6 Å². The van der Waals surface area contributed by atoms with Crippen molar-refractivity contribution in [2.75, 3.05) is 7.11 Å². The van der Waals surface area contributed by atoms with E-state index < -0.39 is 5.97 Å². The van der Waals surface area contributed by atoms with Crippen LogP contribution in [0.25, 0.3) is 11.3 Å². The number of benzene rings is 1. The van der Waals surface area contributed by atoms with Gasteiger partial charge in [-0.3, -0.25) is 0 Å². The van der Waals surface area contributed by atoms with Crippen LogP contribution in [0.1, 0.15) is 10.4 Å². The summed E-state index contributed by atoms with van der Waals surface area (Å²) in [6.07, 6.45) is 0. The van der Waals surface area contributed by atoms with E-state index in [0.29, 0.717) is 5.69 Å². The number of ether oxygens (including phenoxy) is 1. The molecule has 18 heavy (non-hydrogen) atoms. The quantitative estimate of drug-likeness (QED) is 0.791. The zero-order valence-electron chi connectivity index (χ0n) is 9.51. The van der Waals surface area contributed by atoms with Gasteiger partial charge in [-0.05, 0) is 36.4 Å². The molecule has 0 saturated carbocycles. The third-order valence-corrected chi connectivity index (χ3v) is 2.74. The number of carbonyl (C=O) groups is 1. The molecule has 0 aliphatic heterocycles. The Morgan fingerprint density at radius 1 is 1.22 bits per heavy atom. The summed E-state index contributed by atoms with van der Waals surface area (Å²) in [5.74, 6) is -0.606. The molecule has 92 valence electrons. The van der Waals surface area contributed by atoms with E-state index in [9.17, 15) is 9.90 Å². The molecule has 0 amide bonds. The highest BCUT2D eigenvalue weighted by atomic mass is 35.5. The summed E-state index contributed by atoms with van der Waals surface area (Å²) in [4.78, 5) is 14.7. The molecule has 2 rings (SSSR count). The van der Waals surface area contributed by atoms with Crippen LogP contribution in [0.5, 0.6) is 5.75 Å². The predicted molar refractivity (Wildman–Crippen MR) is 65.6 cm³/mol. The van der Waals surface area contributed by atoms with Crippen molar-refractivity contribution in [3.8, 4) is 17.0 Å². The number of hydrogen-bond donors (Lipinski definition) is 0. The highest BCUT2D eigenvalue weighted by Gasteiger charge is 2.06. The molecule has 0 fully saturated rings. The molecule has 5 heteroatoms. The van der Waals surface area contributed by atoms with Crippen LogP contribution in [0, 0.1) is 0 Å². The number of nitrogens with zero attached hydrogens (tertiary/aromatic N) is 1. The fraction of sp³-hybridized carbons (Fsp3) is 0.0769.